The molecule has 2 heteroatoms. The van der Waals surface area contributed by atoms with Gasteiger partial charge in [-0.05, 0) is 48.9 Å². The molecule has 2 aliphatic heterocycles. The standard InChI is InChI=1S/C17H26N2/c1-14(2)15-4-6-16(7-5-15)19-10-8-17(9-11-19)12-18(3)13-17/h4-7,14H,8-13H2,1-3H3. The van der Waals surface area contributed by atoms with Crippen molar-refractivity contribution in [2.24, 2.45) is 5.41 Å². The Morgan fingerprint density at radius 1 is 1.00 bits per heavy atom. The summed E-state index contributed by atoms with van der Waals surface area (Å²) >= 11 is 0. The molecule has 1 aromatic carbocycles. The molecular formula is C17H26N2. The summed E-state index contributed by atoms with van der Waals surface area (Å²) in [5.74, 6) is 0.629. The molecule has 0 aromatic heterocycles. The first-order chi connectivity index (χ1) is 9.08. The minimum Gasteiger partial charge on any atom is -0.371 e. The van der Waals surface area contributed by atoms with E-state index in [2.05, 4.69) is 55.0 Å². The van der Waals surface area contributed by atoms with Gasteiger partial charge in [-0.2, -0.15) is 0 Å². The lowest BCUT2D eigenvalue weighted by Gasteiger charge is -2.53. The molecule has 0 bridgehead atoms. The Morgan fingerprint density at radius 3 is 2.05 bits per heavy atom. The summed E-state index contributed by atoms with van der Waals surface area (Å²) in [6.07, 6.45) is 2.73. The van der Waals surface area contributed by atoms with E-state index in [9.17, 15) is 0 Å². The molecule has 0 unspecified atom stereocenters. The van der Waals surface area contributed by atoms with E-state index in [0.717, 1.165) is 0 Å². The van der Waals surface area contributed by atoms with Gasteiger partial charge in [0.15, 0.2) is 0 Å². The van der Waals surface area contributed by atoms with Crippen LogP contribution in [0, 0.1) is 5.41 Å². The number of piperidine rings is 1. The first kappa shape index (κ1) is 13.0. The van der Waals surface area contributed by atoms with Crippen molar-refractivity contribution in [3.8, 4) is 0 Å². The number of benzene rings is 1. The van der Waals surface area contributed by atoms with Crippen molar-refractivity contribution in [1.29, 1.82) is 0 Å². The summed E-state index contributed by atoms with van der Waals surface area (Å²) < 4.78 is 0. The lowest BCUT2D eigenvalue weighted by molar-refractivity contribution is 0.00132. The molecule has 0 atom stereocenters. The average Bonchev–Trinajstić information content (AvgIpc) is 2.38. The first-order valence-electron chi connectivity index (χ1n) is 7.61. The van der Waals surface area contributed by atoms with Gasteiger partial charge in [-0.25, -0.2) is 0 Å². The highest BCUT2D eigenvalue weighted by molar-refractivity contribution is 5.48. The lowest BCUT2D eigenvalue weighted by Crippen LogP contribution is -2.58. The Balaban J connectivity index is 1.62. The summed E-state index contributed by atoms with van der Waals surface area (Å²) in [7, 11) is 2.24. The molecule has 19 heavy (non-hydrogen) atoms. The van der Waals surface area contributed by atoms with Crippen LogP contribution in [0.3, 0.4) is 0 Å². The van der Waals surface area contributed by atoms with Crippen LogP contribution in [0.2, 0.25) is 0 Å². The molecule has 104 valence electrons. The molecule has 3 rings (SSSR count). The van der Waals surface area contributed by atoms with Crippen molar-refractivity contribution in [3.63, 3.8) is 0 Å². The molecule has 2 saturated heterocycles. The molecule has 2 fully saturated rings. The molecule has 1 aromatic rings. The zero-order valence-corrected chi connectivity index (χ0v) is 12.5. The molecule has 0 aliphatic carbocycles. The van der Waals surface area contributed by atoms with Gasteiger partial charge in [0.05, 0.1) is 0 Å². The zero-order chi connectivity index (χ0) is 13.5. The Bertz CT molecular complexity index is 419. The molecule has 0 saturated carbocycles. The topological polar surface area (TPSA) is 6.48 Å². The third kappa shape index (κ3) is 2.51. The van der Waals surface area contributed by atoms with E-state index in [1.807, 2.05) is 0 Å². The Hall–Kier alpha value is -1.02. The van der Waals surface area contributed by atoms with Crippen LogP contribution < -0.4 is 4.90 Å². The van der Waals surface area contributed by atoms with Crippen molar-refractivity contribution in [2.75, 3.05) is 38.1 Å². The van der Waals surface area contributed by atoms with Gasteiger partial charge in [0, 0.05) is 31.9 Å². The molecule has 2 nitrogen and oxygen atoms in total. The summed E-state index contributed by atoms with van der Waals surface area (Å²) in [5, 5.41) is 0. The summed E-state index contributed by atoms with van der Waals surface area (Å²) in [6.45, 7) is 9.60. The van der Waals surface area contributed by atoms with E-state index in [4.69, 9.17) is 0 Å². The lowest BCUT2D eigenvalue weighted by atomic mass is 9.72. The minimum atomic E-state index is 0.629. The highest BCUT2D eigenvalue weighted by Crippen LogP contribution is 2.40. The molecule has 0 radical (unpaired) electrons. The maximum Gasteiger partial charge on any atom is 0.0366 e. The Kier molecular flexibility index (Phi) is 3.30. The fourth-order valence-electron chi connectivity index (χ4n) is 3.72. The second kappa shape index (κ2) is 4.82. The second-order valence-corrected chi connectivity index (χ2v) is 6.91. The van der Waals surface area contributed by atoms with Crippen molar-refractivity contribution < 1.29 is 0 Å². The smallest absolute Gasteiger partial charge is 0.0366 e. The van der Waals surface area contributed by atoms with Crippen LogP contribution in [0.15, 0.2) is 24.3 Å². The summed E-state index contributed by atoms with van der Waals surface area (Å²) in [4.78, 5) is 5.01. The third-order valence-electron chi connectivity index (χ3n) is 4.96. The normalized spacial score (nSPS) is 22.8. The van der Waals surface area contributed by atoms with Crippen LogP contribution in [-0.2, 0) is 0 Å². The summed E-state index contributed by atoms with van der Waals surface area (Å²) in [6, 6.07) is 9.20. The van der Waals surface area contributed by atoms with Crippen LogP contribution >= 0.6 is 0 Å². The Labute approximate surface area is 117 Å². The largest absolute Gasteiger partial charge is 0.371 e. The maximum atomic E-state index is 2.56. The number of hydrogen-bond donors (Lipinski definition) is 0. The van der Waals surface area contributed by atoms with Crippen LogP contribution in [-0.4, -0.2) is 38.1 Å². The molecule has 0 amide bonds. The minimum absolute atomic E-state index is 0.629. The predicted molar refractivity (Wildman–Crippen MR) is 81.9 cm³/mol. The average molecular weight is 258 g/mol. The second-order valence-electron chi connectivity index (χ2n) is 6.91. The van der Waals surface area contributed by atoms with Gasteiger partial charge in [-0.3, -0.25) is 0 Å². The van der Waals surface area contributed by atoms with Gasteiger partial charge in [-0.1, -0.05) is 26.0 Å². The van der Waals surface area contributed by atoms with E-state index in [1.165, 1.54) is 50.3 Å². The van der Waals surface area contributed by atoms with Gasteiger partial charge >= 0.3 is 0 Å². The van der Waals surface area contributed by atoms with E-state index in [-0.39, 0.29) is 0 Å². The number of anilines is 1. The number of likely N-dealkylation sites (tertiary alicyclic amines) is 1. The fraction of sp³-hybridized carbons (Fsp3) is 0.647. The quantitative estimate of drug-likeness (QED) is 0.803. The number of nitrogens with zero attached hydrogens (tertiary/aromatic N) is 2. The van der Waals surface area contributed by atoms with Gasteiger partial charge in [-0.15, -0.1) is 0 Å². The predicted octanol–water partition coefficient (Wildman–Crippen LogP) is 3.34. The van der Waals surface area contributed by atoms with Crippen molar-refractivity contribution in [2.45, 2.75) is 32.6 Å². The van der Waals surface area contributed by atoms with Crippen LogP contribution in [0.1, 0.15) is 38.2 Å². The molecular weight excluding hydrogens is 232 g/mol. The van der Waals surface area contributed by atoms with Gasteiger partial charge in [0.1, 0.15) is 0 Å². The molecule has 2 heterocycles. The third-order valence-corrected chi connectivity index (χ3v) is 4.96. The van der Waals surface area contributed by atoms with Crippen molar-refractivity contribution >= 4 is 5.69 Å². The highest BCUT2D eigenvalue weighted by atomic mass is 15.2. The number of rotatable bonds is 2. The van der Waals surface area contributed by atoms with Crippen LogP contribution in [0.5, 0.6) is 0 Å². The summed E-state index contributed by atoms with van der Waals surface area (Å²) in [5.41, 5.74) is 3.51. The van der Waals surface area contributed by atoms with Gasteiger partial charge < -0.3 is 9.80 Å². The molecule has 2 aliphatic rings. The van der Waals surface area contributed by atoms with Gasteiger partial charge in [0.25, 0.3) is 0 Å². The monoisotopic (exact) mass is 258 g/mol. The van der Waals surface area contributed by atoms with Crippen molar-refractivity contribution in [3.05, 3.63) is 29.8 Å². The highest BCUT2D eigenvalue weighted by Gasteiger charge is 2.42. The van der Waals surface area contributed by atoms with E-state index >= 15 is 0 Å². The van der Waals surface area contributed by atoms with Crippen LogP contribution in [0.4, 0.5) is 5.69 Å². The number of hydrogen-bond acceptors (Lipinski definition) is 2. The molecule has 0 N–H and O–H groups in total. The van der Waals surface area contributed by atoms with Gasteiger partial charge in [0.2, 0.25) is 0 Å². The van der Waals surface area contributed by atoms with E-state index < -0.39 is 0 Å². The fourth-order valence-corrected chi connectivity index (χ4v) is 3.72. The maximum absolute atomic E-state index is 2.56. The van der Waals surface area contributed by atoms with E-state index in [1.54, 1.807) is 0 Å². The van der Waals surface area contributed by atoms with Crippen LogP contribution in [0.25, 0.3) is 0 Å². The Morgan fingerprint density at radius 2 is 1.58 bits per heavy atom. The molecule has 1 spiro atoms. The zero-order valence-electron chi connectivity index (χ0n) is 12.5. The first-order valence-corrected chi connectivity index (χ1v) is 7.61. The van der Waals surface area contributed by atoms with E-state index in [0.29, 0.717) is 11.3 Å². The SMILES string of the molecule is CC(C)c1ccc(N2CCC3(CC2)CN(C)C3)cc1. The van der Waals surface area contributed by atoms with Crippen molar-refractivity contribution in [1.82, 2.24) is 4.90 Å².